The predicted molar refractivity (Wildman–Crippen MR) is 99.2 cm³/mol. The lowest BCUT2D eigenvalue weighted by molar-refractivity contribution is 0.726. The molecule has 3 rings (SSSR count). The third kappa shape index (κ3) is 4.71. The topological polar surface area (TPSA) is 53.9 Å². The Bertz CT molecular complexity index is 672. The lowest BCUT2D eigenvalue weighted by Crippen LogP contribution is -2.26. The molecule has 0 amide bonds. The van der Waals surface area contributed by atoms with E-state index < -0.39 is 0 Å². The number of halogens is 2. The summed E-state index contributed by atoms with van der Waals surface area (Å²) in [7, 11) is 0. The van der Waals surface area contributed by atoms with Gasteiger partial charge in [0.05, 0.1) is 6.20 Å². The molecule has 1 aromatic carbocycles. The van der Waals surface area contributed by atoms with E-state index >= 15 is 0 Å². The van der Waals surface area contributed by atoms with E-state index in [0.717, 1.165) is 37.4 Å². The Morgan fingerprint density at radius 2 is 1.88 bits per heavy atom. The maximum atomic E-state index is 6.20. The molecule has 0 saturated carbocycles. The van der Waals surface area contributed by atoms with Gasteiger partial charge in [0.15, 0.2) is 5.82 Å². The molecule has 0 aliphatic carbocycles. The molecule has 2 aromatic rings. The third-order valence-electron chi connectivity index (χ3n) is 4.15. The maximum absolute atomic E-state index is 6.20. The lowest BCUT2D eigenvalue weighted by atomic mass is 10.1. The van der Waals surface area contributed by atoms with Crippen molar-refractivity contribution >= 4 is 35.0 Å². The van der Waals surface area contributed by atoms with Crippen LogP contribution in [0.15, 0.2) is 24.4 Å². The highest BCUT2D eigenvalue weighted by Gasteiger charge is 2.13. The third-order valence-corrected chi connectivity index (χ3v) is 4.74. The normalized spacial score (nSPS) is 15.2. The minimum atomic E-state index is 0.652. The Morgan fingerprint density at radius 3 is 2.62 bits per heavy atom. The molecule has 0 radical (unpaired) electrons. The van der Waals surface area contributed by atoms with Crippen LogP contribution < -0.4 is 10.2 Å². The van der Waals surface area contributed by atoms with E-state index in [1.165, 1.54) is 25.7 Å². The van der Waals surface area contributed by atoms with Crippen molar-refractivity contribution in [3.63, 3.8) is 0 Å². The van der Waals surface area contributed by atoms with Gasteiger partial charge in [0, 0.05) is 29.7 Å². The van der Waals surface area contributed by atoms with Gasteiger partial charge in [0.2, 0.25) is 5.95 Å². The Labute approximate surface area is 152 Å². The molecular weight excluding hydrogens is 345 g/mol. The molecule has 1 aromatic heterocycles. The van der Waals surface area contributed by atoms with Crippen LogP contribution in [0.4, 0.5) is 11.8 Å². The summed E-state index contributed by atoms with van der Waals surface area (Å²) in [5.41, 5.74) is 1.06. The zero-order valence-electron chi connectivity index (χ0n) is 13.5. The Hall–Kier alpha value is -1.59. The molecule has 0 unspecified atom stereocenters. The molecule has 2 heterocycles. The number of rotatable bonds is 5. The van der Waals surface area contributed by atoms with Crippen molar-refractivity contribution < 1.29 is 0 Å². The first-order valence-corrected chi connectivity index (χ1v) is 9.10. The smallest absolute Gasteiger partial charge is 0.247 e. The number of nitrogens with one attached hydrogen (secondary N) is 1. The van der Waals surface area contributed by atoms with E-state index in [-0.39, 0.29) is 0 Å². The highest BCUT2D eigenvalue weighted by Crippen LogP contribution is 2.21. The van der Waals surface area contributed by atoms with Gasteiger partial charge in [-0.2, -0.15) is 10.1 Å². The quantitative estimate of drug-likeness (QED) is 0.859. The molecule has 7 heteroatoms. The fourth-order valence-corrected chi connectivity index (χ4v) is 3.34. The first-order valence-electron chi connectivity index (χ1n) is 8.35. The summed E-state index contributed by atoms with van der Waals surface area (Å²) in [4.78, 5) is 6.82. The molecule has 1 aliphatic rings. The first kappa shape index (κ1) is 17.2. The second kappa shape index (κ2) is 8.49. The molecule has 1 N–H and O–H groups in total. The molecule has 1 aliphatic heterocycles. The van der Waals surface area contributed by atoms with Crippen LogP contribution in [0.5, 0.6) is 0 Å². The number of nitrogens with zero attached hydrogens (tertiary/aromatic N) is 4. The molecule has 24 heavy (non-hydrogen) atoms. The Kier molecular flexibility index (Phi) is 6.10. The summed E-state index contributed by atoms with van der Waals surface area (Å²) < 4.78 is 0. The van der Waals surface area contributed by atoms with Gasteiger partial charge in [-0.3, -0.25) is 0 Å². The fraction of sp³-hybridized carbons (Fsp3) is 0.471. The minimum absolute atomic E-state index is 0.652. The monoisotopic (exact) mass is 365 g/mol. The van der Waals surface area contributed by atoms with Crippen LogP contribution in [0.2, 0.25) is 10.0 Å². The number of anilines is 2. The summed E-state index contributed by atoms with van der Waals surface area (Å²) >= 11 is 12.1. The summed E-state index contributed by atoms with van der Waals surface area (Å²) in [5.74, 6) is 1.46. The van der Waals surface area contributed by atoms with Crippen LogP contribution >= 0.6 is 23.2 Å². The van der Waals surface area contributed by atoms with Crippen LogP contribution in [-0.2, 0) is 6.42 Å². The zero-order chi connectivity index (χ0) is 16.8. The average molecular weight is 366 g/mol. The second-order valence-corrected chi connectivity index (χ2v) is 6.80. The highest BCUT2D eigenvalue weighted by molar-refractivity contribution is 6.35. The van der Waals surface area contributed by atoms with Gasteiger partial charge in [-0.15, -0.1) is 5.10 Å². The molecule has 1 fully saturated rings. The second-order valence-electron chi connectivity index (χ2n) is 5.96. The van der Waals surface area contributed by atoms with E-state index in [9.17, 15) is 0 Å². The van der Waals surface area contributed by atoms with E-state index in [4.69, 9.17) is 23.2 Å². The van der Waals surface area contributed by atoms with Gasteiger partial charge in [0.25, 0.3) is 0 Å². The summed E-state index contributed by atoms with van der Waals surface area (Å²) in [6.07, 6.45) is 7.39. The average Bonchev–Trinajstić information content (AvgIpc) is 2.86. The van der Waals surface area contributed by atoms with Crippen molar-refractivity contribution in [3.05, 3.63) is 40.0 Å². The molecule has 128 valence electrons. The maximum Gasteiger partial charge on any atom is 0.247 e. The summed E-state index contributed by atoms with van der Waals surface area (Å²) in [5, 5.41) is 12.9. The first-order chi connectivity index (χ1) is 11.7. The molecule has 0 bridgehead atoms. The van der Waals surface area contributed by atoms with Crippen molar-refractivity contribution in [2.75, 3.05) is 29.9 Å². The number of hydrogen-bond donors (Lipinski definition) is 1. The summed E-state index contributed by atoms with van der Waals surface area (Å²) in [6, 6.07) is 5.57. The van der Waals surface area contributed by atoms with Gasteiger partial charge >= 0.3 is 0 Å². The van der Waals surface area contributed by atoms with E-state index in [1.54, 1.807) is 12.3 Å². The molecular formula is C17H21Cl2N5. The van der Waals surface area contributed by atoms with Crippen LogP contribution in [0.3, 0.4) is 0 Å². The van der Waals surface area contributed by atoms with Crippen molar-refractivity contribution in [2.45, 2.75) is 32.1 Å². The number of aromatic nitrogens is 3. The lowest BCUT2D eigenvalue weighted by Gasteiger charge is -2.19. The largest absolute Gasteiger partial charge is 0.368 e. The highest BCUT2D eigenvalue weighted by atomic mass is 35.5. The molecule has 0 spiro atoms. The standard InChI is InChI=1S/C17H21Cl2N5/c18-14-6-5-13(15(19)11-14)7-8-20-16-12-21-23-17(22-16)24-9-3-1-2-4-10-24/h5-6,11-12H,1-4,7-10H2,(H,20,22,23). The van der Waals surface area contributed by atoms with Gasteiger partial charge in [-0.25, -0.2) is 0 Å². The SMILES string of the molecule is Clc1ccc(CCNc2cnnc(N3CCCCCC3)n2)c(Cl)c1. The van der Waals surface area contributed by atoms with Crippen LogP contribution in [-0.4, -0.2) is 34.8 Å². The van der Waals surface area contributed by atoms with Gasteiger partial charge in [-0.1, -0.05) is 42.1 Å². The van der Waals surface area contributed by atoms with Crippen LogP contribution in [0, 0.1) is 0 Å². The summed E-state index contributed by atoms with van der Waals surface area (Å²) in [6.45, 7) is 2.73. The van der Waals surface area contributed by atoms with Crippen molar-refractivity contribution in [2.24, 2.45) is 0 Å². The predicted octanol–water partition coefficient (Wildman–Crippen LogP) is 4.21. The van der Waals surface area contributed by atoms with Crippen LogP contribution in [0.1, 0.15) is 31.2 Å². The minimum Gasteiger partial charge on any atom is -0.368 e. The number of benzene rings is 1. The van der Waals surface area contributed by atoms with Crippen molar-refractivity contribution in [1.82, 2.24) is 15.2 Å². The molecule has 1 saturated heterocycles. The number of hydrogen-bond acceptors (Lipinski definition) is 5. The zero-order valence-corrected chi connectivity index (χ0v) is 15.0. The van der Waals surface area contributed by atoms with Crippen molar-refractivity contribution in [3.8, 4) is 0 Å². The fourth-order valence-electron chi connectivity index (χ4n) is 2.83. The van der Waals surface area contributed by atoms with E-state index in [1.807, 2.05) is 12.1 Å². The van der Waals surface area contributed by atoms with Gasteiger partial charge in [-0.05, 0) is 37.0 Å². The molecule has 0 atom stereocenters. The van der Waals surface area contributed by atoms with E-state index in [0.29, 0.717) is 16.0 Å². The van der Waals surface area contributed by atoms with Crippen LogP contribution in [0.25, 0.3) is 0 Å². The van der Waals surface area contributed by atoms with Crippen molar-refractivity contribution in [1.29, 1.82) is 0 Å². The van der Waals surface area contributed by atoms with E-state index in [2.05, 4.69) is 25.4 Å². The Morgan fingerprint density at radius 1 is 1.08 bits per heavy atom. The Balaban J connectivity index is 1.58. The molecule has 5 nitrogen and oxygen atoms in total. The van der Waals surface area contributed by atoms with Gasteiger partial charge < -0.3 is 10.2 Å². The van der Waals surface area contributed by atoms with Gasteiger partial charge in [0.1, 0.15) is 0 Å².